The minimum Gasteiger partial charge on any atom is -0.314 e. The molecule has 1 N–H and O–H groups in total. The Morgan fingerprint density at radius 3 is 2.50 bits per heavy atom. The van der Waals surface area contributed by atoms with E-state index in [1.807, 2.05) is 0 Å². The molecular weight excluding hydrogens is 198 g/mol. The Bertz CT molecular complexity index is 225. The van der Waals surface area contributed by atoms with Gasteiger partial charge in [0.1, 0.15) is 5.78 Å². The van der Waals surface area contributed by atoms with Crippen molar-refractivity contribution in [2.45, 2.75) is 64.3 Å². The van der Waals surface area contributed by atoms with Gasteiger partial charge in [-0.1, -0.05) is 13.3 Å². The molecule has 0 aromatic heterocycles. The average Bonchev–Trinajstić information content (AvgIpc) is 2.82. The minimum absolute atomic E-state index is 0.394. The van der Waals surface area contributed by atoms with Gasteiger partial charge in [0.05, 0.1) is 0 Å². The van der Waals surface area contributed by atoms with Gasteiger partial charge in [0.15, 0.2) is 0 Å². The molecule has 1 heterocycles. The lowest BCUT2D eigenvalue weighted by Gasteiger charge is -2.27. The van der Waals surface area contributed by atoms with E-state index in [0.29, 0.717) is 17.7 Å². The summed E-state index contributed by atoms with van der Waals surface area (Å²) in [4.78, 5) is 12.1. The van der Waals surface area contributed by atoms with Gasteiger partial charge in [-0.3, -0.25) is 4.79 Å². The fourth-order valence-electron chi connectivity index (χ4n) is 3.23. The van der Waals surface area contributed by atoms with Crippen molar-refractivity contribution >= 4 is 5.78 Å². The van der Waals surface area contributed by atoms with E-state index >= 15 is 0 Å². The van der Waals surface area contributed by atoms with Crippen LogP contribution in [0.2, 0.25) is 0 Å². The molecule has 2 aliphatic rings. The van der Waals surface area contributed by atoms with Crippen LogP contribution in [0.4, 0.5) is 0 Å². The minimum atomic E-state index is 0.394. The largest absolute Gasteiger partial charge is 0.314 e. The van der Waals surface area contributed by atoms with Crippen LogP contribution in [0.3, 0.4) is 0 Å². The quantitative estimate of drug-likeness (QED) is 0.794. The van der Waals surface area contributed by atoms with Gasteiger partial charge in [-0.2, -0.15) is 0 Å². The van der Waals surface area contributed by atoms with E-state index in [0.717, 1.165) is 31.7 Å². The molecule has 0 spiro atoms. The van der Waals surface area contributed by atoms with Gasteiger partial charge in [0.2, 0.25) is 0 Å². The maximum Gasteiger partial charge on any atom is 0.137 e. The first-order valence-electron chi connectivity index (χ1n) is 7.05. The normalized spacial score (nSPS) is 35.2. The number of carbonyl (C=O) groups excluding carboxylic acids is 1. The summed E-state index contributed by atoms with van der Waals surface area (Å²) in [6, 6.07) is 0.497. The Kier molecular flexibility index (Phi) is 4.39. The molecule has 2 rings (SSSR count). The molecule has 1 aliphatic heterocycles. The van der Waals surface area contributed by atoms with Gasteiger partial charge < -0.3 is 5.32 Å². The lowest BCUT2D eigenvalue weighted by atomic mass is 9.78. The Hall–Kier alpha value is -0.370. The second-order valence-corrected chi connectivity index (χ2v) is 5.59. The third kappa shape index (κ3) is 3.07. The fourth-order valence-corrected chi connectivity index (χ4v) is 3.23. The van der Waals surface area contributed by atoms with Gasteiger partial charge in [-0.15, -0.1) is 0 Å². The van der Waals surface area contributed by atoms with Gasteiger partial charge >= 0.3 is 0 Å². The number of ketones is 1. The molecule has 92 valence electrons. The van der Waals surface area contributed by atoms with Crippen molar-refractivity contribution in [1.82, 2.24) is 5.32 Å². The van der Waals surface area contributed by atoms with E-state index in [4.69, 9.17) is 0 Å². The highest BCUT2D eigenvalue weighted by molar-refractivity contribution is 5.81. The van der Waals surface area contributed by atoms with Crippen molar-refractivity contribution in [1.29, 1.82) is 0 Å². The summed E-state index contributed by atoms with van der Waals surface area (Å²) in [7, 11) is 0. The Morgan fingerprint density at radius 2 is 1.94 bits per heavy atom. The maximum atomic E-state index is 12.1. The summed E-state index contributed by atoms with van der Waals surface area (Å²) in [5, 5.41) is 3.43. The van der Waals surface area contributed by atoms with Crippen molar-refractivity contribution in [3.8, 4) is 0 Å². The van der Waals surface area contributed by atoms with Crippen LogP contribution >= 0.6 is 0 Å². The zero-order valence-electron chi connectivity index (χ0n) is 10.5. The highest BCUT2D eigenvalue weighted by atomic mass is 16.1. The van der Waals surface area contributed by atoms with Crippen LogP contribution in [0, 0.1) is 11.8 Å². The molecule has 2 nitrogen and oxygen atoms in total. The van der Waals surface area contributed by atoms with E-state index in [1.54, 1.807) is 0 Å². The van der Waals surface area contributed by atoms with Crippen molar-refractivity contribution in [3.63, 3.8) is 0 Å². The number of rotatable bonds is 4. The maximum absolute atomic E-state index is 12.1. The highest BCUT2D eigenvalue weighted by Gasteiger charge is 2.27. The molecule has 1 saturated heterocycles. The number of hydrogen-bond donors (Lipinski definition) is 1. The van der Waals surface area contributed by atoms with E-state index in [1.165, 1.54) is 32.1 Å². The van der Waals surface area contributed by atoms with Crippen LogP contribution in [0.5, 0.6) is 0 Å². The number of carbonyl (C=O) groups is 1. The summed E-state index contributed by atoms with van der Waals surface area (Å²) in [5.74, 6) is 1.83. The van der Waals surface area contributed by atoms with E-state index < -0.39 is 0 Å². The molecular formula is C14H25NO. The summed E-state index contributed by atoms with van der Waals surface area (Å²) in [5.41, 5.74) is 0. The van der Waals surface area contributed by atoms with Gasteiger partial charge in [-0.05, 0) is 51.0 Å². The molecule has 2 heteroatoms. The lowest BCUT2D eigenvalue weighted by Crippen LogP contribution is -2.29. The van der Waals surface area contributed by atoms with Crippen LogP contribution in [0.1, 0.15) is 58.3 Å². The van der Waals surface area contributed by atoms with E-state index in [2.05, 4.69) is 12.2 Å². The van der Waals surface area contributed by atoms with Gasteiger partial charge in [0.25, 0.3) is 0 Å². The van der Waals surface area contributed by atoms with Crippen LogP contribution in [0.15, 0.2) is 0 Å². The lowest BCUT2D eigenvalue weighted by molar-refractivity contribution is -0.124. The molecule has 1 aliphatic carbocycles. The first-order valence-corrected chi connectivity index (χ1v) is 7.05. The standard InChI is InChI=1S/C14H25NO/c1-2-11-5-7-12(8-6-11)14(16)10-13-4-3-9-15-13/h11-13,15H,2-10H2,1H3. The fraction of sp³-hybridized carbons (Fsp3) is 0.929. The summed E-state index contributed by atoms with van der Waals surface area (Å²) >= 11 is 0. The van der Waals surface area contributed by atoms with Crippen LogP contribution < -0.4 is 5.32 Å². The second kappa shape index (κ2) is 5.81. The van der Waals surface area contributed by atoms with Crippen molar-refractivity contribution in [3.05, 3.63) is 0 Å². The Morgan fingerprint density at radius 1 is 1.19 bits per heavy atom. The van der Waals surface area contributed by atoms with E-state index in [9.17, 15) is 4.79 Å². The molecule has 0 aromatic carbocycles. The monoisotopic (exact) mass is 223 g/mol. The van der Waals surface area contributed by atoms with Gasteiger partial charge in [0, 0.05) is 18.4 Å². The van der Waals surface area contributed by atoms with Gasteiger partial charge in [-0.25, -0.2) is 0 Å². The summed E-state index contributed by atoms with van der Waals surface area (Å²) in [6.45, 7) is 3.38. The Labute approximate surface area is 99.2 Å². The number of hydrogen-bond acceptors (Lipinski definition) is 2. The van der Waals surface area contributed by atoms with Crippen LogP contribution in [-0.2, 0) is 4.79 Å². The molecule has 16 heavy (non-hydrogen) atoms. The molecule has 0 bridgehead atoms. The first-order chi connectivity index (χ1) is 7.79. The Balaban J connectivity index is 1.73. The summed E-state index contributed by atoms with van der Waals surface area (Å²) < 4.78 is 0. The van der Waals surface area contributed by atoms with Crippen LogP contribution in [0.25, 0.3) is 0 Å². The average molecular weight is 223 g/mol. The summed E-state index contributed by atoms with van der Waals surface area (Å²) in [6.07, 6.45) is 9.42. The molecule has 0 aromatic rings. The third-order valence-corrected chi connectivity index (χ3v) is 4.49. The second-order valence-electron chi connectivity index (χ2n) is 5.59. The molecule has 0 amide bonds. The smallest absolute Gasteiger partial charge is 0.137 e. The molecule has 1 atom stereocenters. The molecule has 2 fully saturated rings. The highest BCUT2D eigenvalue weighted by Crippen LogP contribution is 2.32. The van der Waals surface area contributed by atoms with Crippen molar-refractivity contribution in [2.24, 2.45) is 11.8 Å². The topological polar surface area (TPSA) is 29.1 Å². The molecule has 1 saturated carbocycles. The van der Waals surface area contributed by atoms with Crippen LogP contribution in [-0.4, -0.2) is 18.4 Å². The molecule has 0 radical (unpaired) electrons. The van der Waals surface area contributed by atoms with Crippen molar-refractivity contribution < 1.29 is 4.79 Å². The predicted molar refractivity (Wildman–Crippen MR) is 66.4 cm³/mol. The SMILES string of the molecule is CCC1CCC(C(=O)CC2CCCN2)CC1. The molecule has 1 unspecified atom stereocenters. The van der Waals surface area contributed by atoms with E-state index in [-0.39, 0.29) is 0 Å². The predicted octanol–water partition coefficient (Wildman–Crippen LogP) is 2.91. The van der Waals surface area contributed by atoms with Crippen molar-refractivity contribution in [2.75, 3.05) is 6.54 Å². The number of nitrogens with one attached hydrogen (secondary N) is 1. The number of Topliss-reactive ketones (excluding diaryl/α,β-unsaturated/α-hetero) is 1. The zero-order valence-corrected chi connectivity index (χ0v) is 10.5. The zero-order chi connectivity index (χ0) is 11.4. The first kappa shape index (κ1) is 12.1. The third-order valence-electron chi connectivity index (χ3n) is 4.49.